The third-order valence-electron chi connectivity index (χ3n) is 4.87. The van der Waals surface area contributed by atoms with Crippen LogP contribution in [0.1, 0.15) is 24.0 Å². The summed E-state index contributed by atoms with van der Waals surface area (Å²) in [5.74, 6) is 0.962. The topological polar surface area (TPSA) is 82.5 Å². The van der Waals surface area contributed by atoms with Crippen molar-refractivity contribution in [3.63, 3.8) is 0 Å². The van der Waals surface area contributed by atoms with Gasteiger partial charge in [0.15, 0.2) is 11.5 Å². The molecule has 0 fully saturated rings. The average Bonchev–Trinajstić information content (AvgIpc) is 2.74. The van der Waals surface area contributed by atoms with Crippen LogP contribution in [0.2, 0.25) is 0 Å². The zero-order valence-corrected chi connectivity index (χ0v) is 16.9. The fraction of sp³-hybridized carbons (Fsp3) is 0.318. The highest BCUT2D eigenvalue weighted by atomic mass is 16.5. The Morgan fingerprint density at radius 3 is 2.59 bits per heavy atom. The number of rotatable bonds is 8. The molecule has 0 aliphatic heterocycles. The number of nitrogens with one attached hydrogen (secondary N) is 1. The van der Waals surface area contributed by atoms with Crippen LogP contribution in [0.5, 0.6) is 11.5 Å². The molecule has 1 N–H and O–H groups in total. The number of fused-ring (bicyclic) bond motifs is 1. The number of hydrogen-bond acceptors (Lipinski definition) is 5. The van der Waals surface area contributed by atoms with Crippen LogP contribution in [-0.2, 0) is 17.9 Å². The Morgan fingerprint density at radius 1 is 1.14 bits per heavy atom. The van der Waals surface area contributed by atoms with Gasteiger partial charge in [0.2, 0.25) is 5.91 Å². The predicted octanol–water partition coefficient (Wildman–Crippen LogP) is 2.82. The molecule has 7 heteroatoms. The summed E-state index contributed by atoms with van der Waals surface area (Å²) in [6.45, 7) is 2.93. The second-order valence-corrected chi connectivity index (χ2v) is 6.77. The minimum atomic E-state index is -0.170. The molecule has 7 nitrogen and oxygen atoms in total. The lowest BCUT2D eigenvalue weighted by molar-refractivity contribution is -0.121. The van der Waals surface area contributed by atoms with E-state index in [9.17, 15) is 9.59 Å². The van der Waals surface area contributed by atoms with Gasteiger partial charge >= 0.3 is 0 Å². The van der Waals surface area contributed by atoms with Crippen molar-refractivity contribution in [1.82, 2.24) is 14.9 Å². The van der Waals surface area contributed by atoms with E-state index in [1.807, 2.05) is 31.2 Å². The summed E-state index contributed by atoms with van der Waals surface area (Å²) in [5, 5.41) is 3.38. The lowest BCUT2D eigenvalue weighted by Gasteiger charge is -2.11. The molecule has 3 aromatic rings. The summed E-state index contributed by atoms with van der Waals surface area (Å²) in [5.41, 5.74) is 2.62. The van der Waals surface area contributed by atoms with Gasteiger partial charge in [-0.25, -0.2) is 4.98 Å². The van der Waals surface area contributed by atoms with Crippen LogP contribution < -0.4 is 20.3 Å². The summed E-state index contributed by atoms with van der Waals surface area (Å²) in [7, 11) is 3.06. The predicted molar refractivity (Wildman–Crippen MR) is 111 cm³/mol. The van der Waals surface area contributed by atoms with E-state index < -0.39 is 0 Å². The Hall–Kier alpha value is -3.35. The van der Waals surface area contributed by atoms with Crippen LogP contribution in [0.25, 0.3) is 10.9 Å². The van der Waals surface area contributed by atoms with E-state index >= 15 is 0 Å². The zero-order valence-electron chi connectivity index (χ0n) is 16.9. The van der Waals surface area contributed by atoms with Gasteiger partial charge in [0.05, 0.1) is 31.4 Å². The molecule has 2 aromatic carbocycles. The van der Waals surface area contributed by atoms with E-state index in [2.05, 4.69) is 10.3 Å². The van der Waals surface area contributed by atoms with E-state index in [1.165, 1.54) is 25.1 Å². The van der Waals surface area contributed by atoms with Crippen LogP contribution >= 0.6 is 0 Å². The highest BCUT2D eigenvalue weighted by Crippen LogP contribution is 2.29. The first-order valence-electron chi connectivity index (χ1n) is 9.46. The van der Waals surface area contributed by atoms with Crippen molar-refractivity contribution in [2.75, 3.05) is 14.2 Å². The number of carbonyl (C=O) groups excluding carboxylic acids is 1. The molecular weight excluding hydrogens is 370 g/mol. The summed E-state index contributed by atoms with van der Waals surface area (Å²) < 4.78 is 12.0. The molecule has 0 unspecified atom stereocenters. The summed E-state index contributed by atoms with van der Waals surface area (Å²) in [6.07, 6.45) is 2.38. The molecular formula is C22H25N3O4. The number of amides is 1. The molecule has 1 heterocycles. The molecule has 1 aromatic heterocycles. The first-order valence-corrected chi connectivity index (χ1v) is 9.46. The molecule has 0 aliphatic rings. The fourth-order valence-electron chi connectivity index (χ4n) is 3.15. The number of benzene rings is 2. The maximum Gasteiger partial charge on any atom is 0.261 e. The van der Waals surface area contributed by atoms with Crippen LogP contribution in [0.3, 0.4) is 0 Å². The van der Waals surface area contributed by atoms with Crippen LogP contribution in [-0.4, -0.2) is 29.7 Å². The van der Waals surface area contributed by atoms with Crippen LogP contribution in [0, 0.1) is 6.92 Å². The Balaban J connectivity index is 1.61. The SMILES string of the molecule is COc1cc2ncn(CCCC(=O)NCc3ccccc3C)c(=O)c2cc1OC. The molecule has 152 valence electrons. The second kappa shape index (κ2) is 9.23. The molecule has 0 radical (unpaired) electrons. The smallest absolute Gasteiger partial charge is 0.261 e. The second-order valence-electron chi connectivity index (χ2n) is 6.77. The molecule has 3 rings (SSSR count). The first kappa shape index (κ1) is 20.4. The zero-order chi connectivity index (χ0) is 20.8. The Bertz CT molecular complexity index is 1080. The monoisotopic (exact) mass is 395 g/mol. The average molecular weight is 395 g/mol. The number of hydrogen-bond donors (Lipinski definition) is 1. The van der Waals surface area contributed by atoms with Gasteiger partial charge in [-0.05, 0) is 30.5 Å². The number of carbonyl (C=O) groups is 1. The summed E-state index contributed by atoms with van der Waals surface area (Å²) >= 11 is 0. The summed E-state index contributed by atoms with van der Waals surface area (Å²) in [6, 6.07) is 11.3. The van der Waals surface area contributed by atoms with Gasteiger partial charge in [-0.2, -0.15) is 0 Å². The standard InChI is InChI=1S/C22H25N3O4/c1-15-7-4-5-8-16(15)13-23-21(26)9-6-10-25-14-24-18-12-20(29-3)19(28-2)11-17(18)22(25)27/h4-5,7-8,11-12,14H,6,9-10,13H2,1-3H3,(H,23,26). The van der Waals surface area contributed by atoms with Gasteiger partial charge in [-0.3, -0.25) is 14.2 Å². The third-order valence-corrected chi connectivity index (χ3v) is 4.87. The molecule has 0 saturated carbocycles. The van der Waals surface area contributed by atoms with Gasteiger partial charge < -0.3 is 14.8 Å². The number of methoxy groups -OCH3 is 2. The van der Waals surface area contributed by atoms with Gasteiger partial charge in [-0.15, -0.1) is 0 Å². The van der Waals surface area contributed by atoms with Crippen LogP contribution in [0.4, 0.5) is 0 Å². The van der Waals surface area contributed by atoms with E-state index in [0.717, 1.165) is 11.1 Å². The lowest BCUT2D eigenvalue weighted by Crippen LogP contribution is -2.25. The molecule has 0 saturated heterocycles. The van der Waals surface area contributed by atoms with Gasteiger partial charge in [0.25, 0.3) is 5.56 Å². The molecule has 0 aliphatic carbocycles. The van der Waals surface area contributed by atoms with E-state index in [4.69, 9.17) is 9.47 Å². The van der Waals surface area contributed by atoms with Gasteiger partial charge in [0.1, 0.15) is 0 Å². The van der Waals surface area contributed by atoms with E-state index in [0.29, 0.717) is 48.3 Å². The van der Waals surface area contributed by atoms with Crippen molar-refractivity contribution >= 4 is 16.8 Å². The quantitative estimate of drug-likeness (QED) is 0.634. The van der Waals surface area contributed by atoms with Crippen molar-refractivity contribution in [1.29, 1.82) is 0 Å². The van der Waals surface area contributed by atoms with Crippen molar-refractivity contribution in [3.05, 3.63) is 64.2 Å². The number of aryl methyl sites for hydroxylation is 2. The highest BCUT2D eigenvalue weighted by Gasteiger charge is 2.11. The van der Waals surface area contributed by atoms with Crippen molar-refractivity contribution in [2.24, 2.45) is 0 Å². The maximum atomic E-state index is 12.7. The van der Waals surface area contributed by atoms with Crippen molar-refractivity contribution < 1.29 is 14.3 Å². The van der Waals surface area contributed by atoms with Crippen molar-refractivity contribution in [2.45, 2.75) is 32.9 Å². The van der Waals surface area contributed by atoms with Crippen molar-refractivity contribution in [3.8, 4) is 11.5 Å². The van der Waals surface area contributed by atoms with Gasteiger partial charge in [-0.1, -0.05) is 24.3 Å². The number of ether oxygens (including phenoxy) is 2. The van der Waals surface area contributed by atoms with Crippen LogP contribution in [0.15, 0.2) is 47.5 Å². The number of nitrogens with zero attached hydrogens (tertiary/aromatic N) is 2. The molecule has 0 atom stereocenters. The minimum Gasteiger partial charge on any atom is -0.493 e. The minimum absolute atomic E-state index is 0.0403. The maximum absolute atomic E-state index is 12.7. The summed E-state index contributed by atoms with van der Waals surface area (Å²) in [4.78, 5) is 29.2. The number of aromatic nitrogens is 2. The Morgan fingerprint density at radius 2 is 1.86 bits per heavy atom. The molecule has 0 bridgehead atoms. The van der Waals surface area contributed by atoms with E-state index in [-0.39, 0.29) is 11.5 Å². The Kier molecular flexibility index (Phi) is 6.49. The molecule has 1 amide bonds. The Labute approximate surface area is 169 Å². The highest BCUT2D eigenvalue weighted by molar-refractivity contribution is 5.81. The third kappa shape index (κ3) is 4.74. The molecule has 29 heavy (non-hydrogen) atoms. The fourth-order valence-corrected chi connectivity index (χ4v) is 3.15. The normalized spacial score (nSPS) is 10.7. The largest absolute Gasteiger partial charge is 0.493 e. The lowest BCUT2D eigenvalue weighted by atomic mass is 10.1. The molecule has 0 spiro atoms. The first-order chi connectivity index (χ1) is 14.0. The van der Waals surface area contributed by atoms with Gasteiger partial charge in [0, 0.05) is 25.6 Å². The van der Waals surface area contributed by atoms with E-state index in [1.54, 1.807) is 12.1 Å².